The van der Waals surface area contributed by atoms with Gasteiger partial charge in [0.05, 0.1) is 0 Å². The first kappa shape index (κ1) is 10.7. The van der Waals surface area contributed by atoms with E-state index >= 15 is 0 Å². The molecule has 0 spiro atoms. The largest absolute Gasteiger partial charge is 0.265 e. The molecule has 1 aliphatic rings. The Hall–Kier alpha value is -1.48. The molecular formula is C13H12ClN3. The molecule has 0 radical (unpaired) electrons. The smallest absolute Gasteiger partial charge is 0.134 e. The minimum absolute atomic E-state index is 0.547. The van der Waals surface area contributed by atoms with E-state index in [1.54, 1.807) is 12.4 Å². The van der Waals surface area contributed by atoms with Gasteiger partial charge in [0.25, 0.3) is 0 Å². The lowest BCUT2D eigenvalue weighted by molar-refractivity contribution is 0.898. The van der Waals surface area contributed by atoms with Crippen molar-refractivity contribution in [2.75, 3.05) is 0 Å². The molecule has 0 unspecified atom stereocenters. The van der Waals surface area contributed by atoms with Crippen LogP contribution in [0.25, 0.3) is 0 Å². The zero-order valence-electron chi connectivity index (χ0n) is 9.31. The van der Waals surface area contributed by atoms with E-state index < -0.39 is 0 Å². The van der Waals surface area contributed by atoms with Gasteiger partial charge >= 0.3 is 0 Å². The van der Waals surface area contributed by atoms with Crippen LogP contribution >= 0.6 is 11.6 Å². The molecule has 0 bridgehead atoms. The van der Waals surface area contributed by atoms with Crippen molar-refractivity contribution in [3.63, 3.8) is 0 Å². The number of nitrogens with zero attached hydrogens (tertiary/aromatic N) is 3. The maximum atomic E-state index is 6.02. The van der Waals surface area contributed by atoms with Crippen LogP contribution in [0.3, 0.4) is 0 Å². The third-order valence-corrected chi connectivity index (χ3v) is 3.06. The second-order valence-electron chi connectivity index (χ2n) is 4.34. The molecule has 4 heteroatoms. The fraction of sp³-hybridized carbons (Fsp3) is 0.308. The van der Waals surface area contributed by atoms with Crippen LogP contribution in [0.5, 0.6) is 0 Å². The van der Waals surface area contributed by atoms with Crippen molar-refractivity contribution >= 4 is 11.6 Å². The minimum Gasteiger partial charge on any atom is -0.265 e. The van der Waals surface area contributed by atoms with Crippen molar-refractivity contribution in [1.29, 1.82) is 0 Å². The van der Waals surface area contributed by atoms with Gasteiger partial charge in [0.15, 0.2) is 0 Å². The predicted molar refractivity (Wildman–Crippen MR) is 66.1 cm³/mol. The van der Waals surface area contributed by atoms with Crippen molar-refractivity contribution in [3.05, 3.63) is 52.8 Å². The fourth-order valence-corrected chi connectivity index (χ4v) is 2.04. The van der Waals surface area contributed by atoms with Crippen molar-refractivity contribution < 1.29 is 0 Å². The molecule has 3 nitrogen and oxygen atoms in total. The molecular weight excluding hydrogens is 234 g/mol. The summed E-state index contributed by atoms with van der Waals surface area (Å²) in [6, 6.07) is 5.83. The molecule has 0 aromatic carbocycles. The predicted octanol–water partition coefficient (Wildman–Crippen LogP) is 2.99. The van der Waals surface area contributed by atoms with Crippen LogP contribution in [0, 0.1) is 0 Å². The molecule has 1 aliphatic carbocycles. The Balaban J connectivity index is 1.87. The summed E-state index contributed by atoms with van der Waals surface area (Å²) in [6.45, 7) is 0. The Morgan fingerprint density at radius 2 is 1.94 bits per heavy atom. The number of hydrogen-bond donors (Lipinski definition) is 0. The number of rotatable bonds is 3. The van der Waals surface area contributed by atoms with Gasteiger partial charge in [0.1, 0.15) is 11.0 Å². The van der Waals surface area contributed by atoms with E-state index in [9.17, 15) is 0 Å². The van der Waals surface area contributed by atoms with Crippen molar-refractivity contribution in [2.45, 2.75) is 25.2 Å². The Kier molecular flexibility index (Phi) is 2.77. The van der Waals surface area contributed by atoms with Crippen LogP contribution in [0.1, 0.15) is 35.8 Å². The van der Waals surface area contributed by atoms with E-state index in [2.05, 4.69) is 15.0 Å². The summed E-state index contributed by atoms with van der Waals surface area (Å²) in [4.78, 5) is 12.8. The summed E-state index contributed by atoms with van der Waals surface area (Å²) < 4.78 is 0. The fourth-order valence-electron chi connectivity index (χ4n) is 1.83. The summed E-state index contributed by atoms with van der Waals surface area (Å²) in [5.41, 5.74) is 2.25. The molecule has 3 rings (SSSR count). The van der Waals surface area contributed by atoms with Crippen LogP contribution < -0.4 is 0 Å². The quantitative estimate of drug-likeness (QED) is 0.781. The minimum atomic E-state index is 0.547. The second-order valence-corrected chi connectivity index (χ2v) is 4.73. The number of pyridine rings is 1. The van der Waals surface area contributed by atoms with Gasteiger partial charge in [-0.15, -0.1) is 0 Å². The lowest BCUT2D eigenvalue weighted by atomic mass is 10.2. The number of halogens is 1. The summed E-state index contributed by atoms with van der Waals surface area (Å²) in [5.74, 6) is 1.40. The number of aromatic nitrogens is 3. The van der Waals surface area contributed by atoms with Gasteiger partial charge in [0, 0.05) is 30.4 Å². The van der Waals surface area contributed by atoms with E-state index in [0.29, 0.717) is 17.5 Å². The van der Waals surface area contributed by atoms with Crippen LogP contribution in [0.4, 0.5) is 0 Å². The van der Waals surface area contributed by atoms with Crippen molar-refractivity contribution in [2.24, 2.45) is 0 Å². The first-order valence-electron chi connectivity index (χ1n) is 5.73. The summed E-state index contributed by atoms with van der Waals surface area (Å²) in [7, 11) is 0. The van der Waals surface area contributed by atoms with Gasteiger partial charge in [-0.05, 0) is 36.6 Å². The maximum absolute atomic E-state index is 6.02. The van der Waals surface area contributed by atoms with Gasteiger partial charge in [-0.3, -0.25) is 4.98 Å². The molecule has 2 aromatic rings. The summed E-state index contributed by atoms with van der Waals surface area (Å²) in [5, 5.41) is 0.547. The number of hydrogen-bond acceptors (Lipinski definition) is 3. The highest BCUT2D eigenvalue weighted by molar-refractivity contribution is 6.29. The van der Waals surface area contributed by atoms with E-state index in [4.69, 9.17) is 11.6 Å². The van der Waals surface area contributed by atoms with Gasteiger partial charge in [-0.1, -0.05) is 11.6 Å². The normalized spacial score (nSPS) is 14.9. The first-order chi connectivity index (χ1) is 8.31. The topological polar surface area (TPSA) is 38.7 Å². The Morgan fingerprint density at radius 3 is 2.65 bits per heavy atom. The Bertz CT molecular complexity index is 523. The third kappa shape index (κ3) is 2.61. The molecule has 17 heavy (non-hydrogen) atoms. The molecule has 0 saturated heterocycles. The second kappa shape index (κ2) is 4.41. The average molecular weight is 246 g/mol. The average Bonchev–Trinajstić information content (AvgIpc) is 3.13. The Morgan fingerprint density at radius 1 is 1.18 bits per heavy atom. The van der Waals surface area contributed by atoms with Gasteiger partial charge < -0.3 is 0 Å². The van der Waals surface area contributed by atoms with Gasteiger partial charge in [-0.2, -0.15) is 0 Å². The van der Waals surface area contributed by atoms with Crippen LogP contribution in [0.2, 0.25) is 5.15 Å². The SMILES string of the molecule is Clc1cc(C2CC2)nc(Cc2ccncc2)n1. The molecule has 0 N–H and O–H groups in total. The van der Waals surface area contributed by atoms with Crippen molar-refractivity contribution in [3.8, 4) is 0 Å². The first-order valence-corrected chi connectivity index (χ1v) is 6.11. The highest BCUT2D eigenvalue weighted by Crippen LogP contribution is 2.39. The van der Waals surface area contributed by atoms with E-state index in [1.807, 2.05) is 18.2 Å². The standard InChI is InChI=1S/C13H12ClN3/c14-12-8-11(10-1-2-10)16-13(17-12)7-9-3-5-15-6-4-9/h3-6,8,10H,1-2,7H2. The maximum Gasteiger partial charge on any atom is 0.134 e. The lowest BCUT2D eigenvalue weighted by Crippen LogP contribution is -2.00. The summed E-state index contributed by atoms with van der Waals surface area (Å²) in [6.07, 6.45) is 6.72. The highest BCUT2D eigenvalue weighted by Gasteiger charge is 2.25. The highest BCUT2D eigenvalue weighted by atomic mass is 35.5. The molecule has 1 saturated carbocycles. The molecule has 0 aliphatic heterocycles. The lowest BCUT2D eigenvalue weighted by Gasteiger charge is -2.04. The van der Waals surface area contributed by atoms with Gasteiger partial charge in [-0.25, -0.2) is 9.97 Å². The monoisotopic (exact) mass is 245 g/mol. The van der Waals surface area contributed by atoms with E-state index in [0.717, 1.165) is 17.1 Å². The molecule has 86 valence electrons. The van der Waals surface area contributed by atoms with Gasteiger partial charge in [0.2, 0.25) is 0 Å². The zero-order chi connectivity index (χ0) is 11.7. The van der Waals surface area contributed by atoms with Crippen LogP contribution in [-0.4, -0.2) is 15.0 Å². The Labute approximate surface area is 105 Å². The van der Waals surface area contributed by atoms with Crippen molar-refractivity contribution in [1.82, 2.24) is 15.0 Å². The molecule has 0 amide bonds. The van der Waals surface area contributed by atoms with Crippen LogP contribution in [-0.2, 0) is 6.42 Å². The van der Waals surface area contributed by atoms with E-state index in [1.165, 1.54) is 12.8 Å². The zero-order valence-corrected chi connectivity index (χ0v) is 10.1. The molecule has 0 atom stereocenters. The summed E-state index contributed by atoms with van der Waals surface area (Å²) >= 11 is 6.02. The van der Waals surface area contributed by atoms with Crippen LogP contribution in [0.15, 0.2) is 30.6 Å². The van der Waals surface area contributed by atoms with E-state index in [-0.39, 0.29) is 0 Å². The molecule has 1 fully saturated rings. The molecule has 2 aromatic heterocycles. The molecule has 2 heterocycles. The third-order valence-electron chi connectivity index (χ3n) is 2.87.